The van der Waals surface area contributed by atoms with Crippen molar-refractivity contribution in [2.75, 3.05) is 11.5 Å². The van der Waals surface area contributed by atoms with E-state index in [1.54, 1.807) is 0 Å². The van der Waals surface area contributed by atoms with E-state index in [0.717, 1.165) is 18.2 Å². The number of fused-ring (bicyclic) bond motifs is 1. The molecule has 5 aromatic rings. The van der Waals surface area contributed by atoms with E-state index >= 15 is 0 Å². The zero-order chi connectivity index (χ0) is 30.2. The van der Waals surface area contributed by atoms with Crippen molar-refractivity contribution < 1.29 is 36.7 Å². The summed E-state index contributed by atoms with van der Waals surface area (Å²) < 4.78 is 56.7. The number of alkyl halides is 3. The molecule has 1 heterocycles. The van der Waals surface area contributed by atoms with Gasteiger partial charge in [-0.15, -0.1) is 0 Å². The number of hydrogen-bond acceptors (Lipinski definition) is 8. The molecule has 0 aliphatic heterocycles. The van der Waals surface area contributed by atoms with Crippen molar-refractivity contribution in [2.45, 2.75) is 13.1 Å². The standard InChI is InChI=1S/C31H21F3N2O6/c1-16-27(37)24-14-19(31(32,33)34)6-13-25(24)41-28(16)23-12-11-22(40-29(38)17-2-7-20(35)8-3-17)15-26(23)42-30(39)18-4-9-21(36)10-5-18/h2-15H,35-36H2,1H3. The van der Waals surface area contributed by atoms with Gasteiger partial charge in [0, 0.05) is 23.0 Å². The Hall–Kier alpha value is -5.58. The lowest BCUT2D eigenvalue weighted by molar-refractivity contribution is -0.137. The number of ether oxygens (including phenoxy) is 2. The molecule has 0 aliphatic carbocycles. The normalized spacial score (nSPS) is 11.3. The minimum atomic E-state index is -4.66. The highest BCUT2D eigenvalue weighted by atomic mass is 19.4. The van der Waals surface area contributed by atoms with Crippen LogP contribution in [-0.4, -0.2) is 11.9 Å². The van der Waals surface area contributed by atoms with Gasteiger partial charge in [0.15, 0.2) is 5.43 Å². The Kier molecular flexibility index (Phi) is 7.17. The highest BCUT2D eigenvalue weighted by molar-refractivity contribution is 5.94. The number of carbonyl (C=O) groups is 2. The maximum atomic E-state index is 13.3. The van der Waals surface area contributed by atoms with Crippen molar-refractivity contribution in [2.24, 2.45) is 0 Å². The van der Waals surface area contributed by atoms with Gasteiger partial charge in [0.1, 0.15) is 22.8 Å². The van der Waals surface area contributed by atoms with E-state index in [2.05, 4.69) is 0 Å². The third-order valence-electron chi connectivity index (χ3n) is 6.35. The molecule has 0 amide bonds. The molecule has 212 valence electrons. The van der Waals surface area contributed by atoms with Crippen molar-refractivity contribution in [1.82, 2.24) is 0 Å². The van der Waals surface area contributed by atoms with Crippen LogP contribution in [0.1, 0.15) is 31.8 Å². The summed E-state index contributed by atoms with van der Waals surface area (Å²) in [6.07, 6.45) is -4.66. The average molecular weight is 575 g/mol. The largest absolute Gasteiger partial charge is 0.455 e. The van der Waals surface area contributed by atoms with Crippen molar-refractivity contribution in [3.05, 3.63) is 117 Å². The first-order chi connectivity index (χ1) is 19.9. The molecule has 0 unspecified atom stereocenters. The molecule has 0 fully saturated rings. The quantitative estimate of drug-likeness (QED) is 0.140. The lowest BCUT2D eigenvalue weighted by Crippen LogP contribution is -2.13. The zero-order valence-corrected chi connectivity index (χ0v) is 21.8. The van der Waals surface area contributed by atoms with E-state index in [9.17, 15) is 27.6 Å². The van der Waals surface area contributed by atoms with E-state index in [0.29, 0.717) is 11.4 Å². The number of carbonyl (C=O) groups excluding carboxylic acids is 2. The monoisotopic (exact) mass is 574 g/mol. The van der Waals surface area contributed by atoms with E-state index < -0.39 is 29.1 Å². The summed E-state index contributed by atoms with van der Waals surface area (Å²) in [7, 11) is 0. The minimum Gasteiger partial charge on any atom is -0.455 e. The second-order valence-corrected chi connectivity index (χ2v) is 9.28. The second-order valence-electron chi connectivity index (χ2n) is 9.28. The predicted octanol–water partition coefficient (Wildman–Crippen LogP) is 6.39. The fourth-order valence-electron chi connectivity index (χ4n) is 4.12. The number of nitrogens with two attached hydrogens (primary N) is 2. The third kappa shape index (κ3) is 5.66. The number of benzene rings is 4. The molecule has 42 heavy (non-hydrogen) atoms. The van der Waals surface area contributed by atoms with Gasteiger partial charge in [-0.3, -0.25) is 4.79 Å². The Morgan fingerprint density at radius 1 is 0.762 bits per heavy atom. The Morgan fingerprint density at radius 3 is 1.90 bits per heavy atom. The van der Waals surface area contributed by atoms with E-state index in [1.165, 1.54) is 73.7 Å². The maximum Gasteiger partial charge on any atom is 0.416 e. The van der Waals surface area contributed by atoms with Gasteiger partial charge in [0.05, 0.1) is 27.6 Å². The van der Waals surface area contributed by atoms with E-state index in [-0.39, 0.29) is 50.5 Å². The number of esters is 2. The highest BCUT2D eigenvalue weighted by Gasteiger charge is 2.31. The summed E-state index contributed by atoms with van der Waals surface area (Å²) in [5.74, 6) is -1.71. The van der Waals surface area contributed by atoms with Gasteiger partial charge in [0.2, 0.25) is 0 Å². The van der Waals surface area contributed by atoms with Crippen LogP contribution in [0.15, 0.2) is 94.1 Å². The predicted molar refractivity (Wildman–Crippen MR) is 149 cm³/mol. The molecule has 4 N–H and O–H groups in total. The van der Waals surface area contributed by atoms with Crippen LogP contribution in [0.4, 0.5) is 24.5 Å². The molecule has 4 aromatic carbocycles. The maximum absolute atomic E-state index is 13.3. The molecule has 5 rings (SSSR count). The van der Waals surface area contributed by atoms with Crippen LogP contribution in [0.2, 0.25) is 0 Å². The second kappa shape index (κ2) is 10.8. The lowest BCUT2D eigenvalue weighted by Gasteiger charge is -2.14. The Bertz CT molecular complexity index is 1900. The number of halogens is 3. The van der Waals surface area contributed by atoms with Gasteiger partial charge in [-0.2, -0.15) is 13.2 Å². The van der Waals surface area contributed by atoms with Gasteiger partial charge < -0.3 is 25.4 Å². The number of anilines is 2. The Labute approximate surface area is 235 Å². The van der Waals surface area contributed by atoms with Crippen LogP contribution in [0, 0.1) is 6.92 Å². The van der Waals surface area contributed by atoms with E-state index in [1.807, 2.05) is 0 Å². The number of hydrogen-bond donors (Lipinski definition) is 2. The molecule has 0 radical (unpaired) electrons. The molecule has 8 nitrogen and oxygen atoms in total. The lowest BCUT2D eigenvalue weighted by atomic mass is 10.0. The Morgan fingerprint density at radius 2 is 1.33 bits per heavy atom. The first kappa shape index (κ1) is 28.0. The molecule has 0 saturated heterocycles. The third-order valence-corrected chi connectivity index (χ3v) is 6.35. The zero-order valence-electron chi connectivity index (χ0n) is 21.8. The first-order valence-electron chi connectivity index (χ1n) is 12.4. The minimum absolute atomic E-state index is 0.00344. The summed E-state index contributed by atoms with van der Waals surface area (Å²) in [6.45, 7) is 1.38. The SMILES string of the molecule is Cc1c(-c2ccc(OC(=O)c3ccc(N)cc3)cc2OC(=O)c2ccc(N)cc2)oc2ccc(C(F)(F)F)cc2c1=O. The summed E-state index contributed by atoms with van der Waals surface area (Å²) >= 11 is 0. The van der Waals surface area contributed by atoms with Crippen LogP contribution in [0.5, 0.6) is 11.5 Å². The molecule has 1 aromatic heterocycles. The van der Waals surface area contributed by atoms with Crippen LogP contribution >= 0.6 is 0 Å². The molecule has 0 aliphatic rings. The fraction of sp³-hybridized carbons (Fsp3) is 0.0645. The molecule has 11 heteroatoms. The average Bonchev–Trinajstić information content (AvgIpc) is 2.95. The van der Waals surface area contributed by atoms with Gasteiger partial charge in [-0.05, 0) is 85.8 Å². The first-order valence-corrected chi connectivity index (χ1v) is 12.4. The Balaban J connectivity index is 1.60. The topological polar surface area (TPSA) is 135 Å². The van der Waals surface area contributed by atoms with Gasteiger partial charge in [0.25, 0.3) is 0 Å². The fourth-order valence-corrected chi connectivity index (χ4v) is 4.12. The van der Waals surface area contributed by atoms with Crippen molar-refractivity contribution in [1.29, 1.82) is 0 Å². The van der Waals surface area contributed by atoms with Gasteiger partial charge in [-0.25, -0.2) is 9.59 Å². The van der Waals surface area contributed by atoms with Crippen LogP contribution in [-0.2, 0) is 6.18 Å². The summed E-state index contributed by atoms with van der Waals surface area (Å²) in [6, 6.07) is 18.5. The van der Waals surface area contributed by atoms with Crippen LogP contribution < -0.4 is 26.4 Å². The van der Waals surface area contributed by atoms with Gasteiger partial charge >= 0.3 is 18.1 Å². The molecule has 0 spiro atoms. The summed E-state index contributed by atoms with van der Waals surface area (Å²) in [4.78, 5) is 38.9. The molecular formula is C31H21F3N2O6. The van der Waals surface area contributed by atoms with Crippen LogP contribution in [0.3, 0.4) is 0 Å². The van der Waals surface area contributed by atoms with Gasteiger partial charge in [-0.1, -0.05) is 0 Å². The van der Waals surface area contributed by atoms with Crippen molar-refractivity contribution >= 4 is 34.3 Å². The van der Waals surface area contributed by atoms with Crippen molar-refractivity contribution in [3.8, 4) is 22.8 Å². The highest BCUT2D eigenvalue weighted by Crippen LogP contribution is 2.38. The van der Waals surface area contributed by atoms with Crippen LogP contribution in [0.25, 0.3) is 22.3 Å². The number of rotatable bonds is 5. The molecule has 0 atom stereocenters. The van der Waals surface area contributed by atoms with E-state index in [4.69, 9.17) is 25.4 Å². The van der Waals surface area contributed by atoms with Crippen molar-refractivity contribution in [3.63, 3.8) is 0 Å². The summed E-state index contributed by atoms with van der Waals surface area (Å²) in [5.41, 5.74) is 10.9. The summed E-state index contributed by atoms with van der Waals surface area (Å²) in [5, 5.41) is -0.263. The smallest absolute Gasteiger partial charge is 0.416 e. The number of nitrogen functional groups attached to an aromatic ring is 2. The molecule has 0 bridgehead atoms. The molecule has 0 saturated carbocycles. The molecular weight excluding hydrogens is 553 g/mol.